The van der Waals surface area contributed by atoms with Gasteiger partial charge in [0.1, 0.15) is 5.00 Å². The lowest BCUT2D eigenvalue weighted by Gasteiger charge is -2.30. The first-order valence-electron chi connectivity index (χ1n) is 7.74. The molecule has 0 saturated heterocycles. The van der Waals surface area contributed by atoms with Crippen molar-refractivity contribution >= 4 is 34.1 Å². The van der Waals surface area contributed by atoms with E-state index in [1.54, 1.807) is 0 Å². The Morgan fingerprint density at radius 2 is 1.96 bits per heavy atom. The summed E-state index contributed by atoms with van der Waals surface area (Å²) in [4.78, 5) is 36.9. The summed E-state index contributed by atoms with van der Waals surface area (Å²) in [6.45, 7) is 4.71. The molecule has 9 heteroatoms. The lowest BCUT2D eigenvalue weighted by Crippen LogP contribution is -2.37. The molecule has 138 valence electrons. The van der Waals surface area contributed by atoms with Crippen molar-refractivity contribution in [2.45, 2.75) is 32.5 Å². The minimum Gasteiger partial charge on any atom is -0.465 e. The normalized spacial score (nSPS) is 15.2. The number of thiophene rings is 1. The number of amides is 2. The summed E-state index contributed by atoms with van der Waals surface area (Å²) in [5, 5.41) is 5.23. The van der Waals surface area contributed by atoms with Crippen LogP contribution in [0.15, 0.2) is 0 Å². The highest BCUT2D eigenvalue weighted by Crippen LogP contribution is 2.40. The maximum absolute atomic E-state index is 12.2. The monoisotopic (exact) mass is 370 g/mol. The van der Waals surface area contributed by atoms with Crippen LogP contribution in [0.1, 0.15) is 34.6 Å². The van der Waals surface area contributed by atoms with Crippen molar-refractivity contribution in [3.8, 4) is 0 Å². The molecule has 0 aliphatic carbocycles. The quantitative estimate of drug-likeness (QED) is 0.457. The molecule has 1 aliphatic heterocycles. The molecule has 0 spiro atoms. The number of ether oxygens (including phenoxy) is 3. The molecule has 2 rings (SSSR count). The molecule has 0 fully saturated rings. The average Bonchev–Trinajstić information content (AvgIpc) is 2.90. The standard InChI is InChI=1S/C16H22N2O6S/c1-16(2)7-9-10(8-24-16)25-14(11(9)15(21)23-4)18-13(20)12(19)17-5-6-22-3/h5-8H2,1-4H3,(H,17,19)(H,18,20). The molecule has 0 radical (unpaired) electrons. The van der Waals surface area contributed by atoms with Crippen LogP contribution in [0.5, 0.6) is 0 Å². The Balaban J connectivity index is 2.23. The molecule has 8 nitrogen and oxygen atoms in total. The summed E-state index contributed by atoms with van der Waals surface area (Å²) in [5.41, 5.74) is 0.662. The number of anilines is 1. The molecule has 2 heterocycles. The number of hydrogen-bond donors (Lipinski definition) is 2. The highest BCUT2D eigenvalue weighted by atomic mass is 32.1. The van der Waals surface area contributed by atoms with Gasteiger partial charge in [0.2, 0.25) is 0 Å². The zero-order valence-electron chi connectivity index (χ0n) is 14.7. The summed E-state index contributed by atoms with van der Waals surface area (Å²) >= 11 is 1.22. The average molecular weight is 370 g/mol. The van der Waals surface area contributed by atoms with Crippen molar-refractivity contribution < 1.29 is 28.6 Å². The molecule has 2 amide bonds. The zero-order valence-corrected chi connectivity index (χ0v) is 15.5. The smallest absolute Gasteiger partial charge is 0.341 e. The number of rotatable bonds is 5. The van der Waals surface area contributed by atoms with Crippen LogP contribution in [0, 0.1) is 0 Å². The zero-order chi connectivity index (χ0) is 18.6. The number of methoxy groups -OCH3 is 2. The van der Waals surface area contributed by atoms with Crippen LogP contribution < -0.4 is 10.6 Å². The molecule has 1 aromatic heterocycles. The first-order chi connectivity index (χ1) is 11.8. The van der Waals surface area contributed by atoms with E-state index in [0.29, 0.717) is 24.6 Å². The molecule has 1 aliphatic rings. The van der Waals surface area contributed by atoms with Crippen molar-refractivity contribution in [2.24, 2.45) is 0 Å². The van der Waals surface area contributed by atoms with Crippen molar-refractivity contribution in [3.05, 3.63) is 16.0 Å². The van der Waals surface area contributed by atoms with Crippen LogP contribution >= 0.6 is 11.3 Å². The van der Waals surface area contributed by atoms with E-state index in [4.69, 9.17) is 14.2 Å². The van der Waals surface area contributed by atoms with Gasteiger partial charge in [-0.2, -0.15) is 0 Å². The van der Waals surface area contributed by atoms with Gasteiger partial charge >= 0.3 is 17.8 Å². The summed E-state index contributed by atoms with van der Waals surface area (Å²) in [6, 6.07) is 0. The van der Waals surface area contributed by atoms with Crippen molar-refractivity contribution in [2.75, 3.05) is 32.7 Å². The first kappa shape index (κ1) is 19.4. The van der Waals surface area contributed by atoms with Gasteiger partial charge in [0.05, 0.1) is 31.5 Å². The maximum Gasteiger partial charge on any atom is 0.341 e. The SMILES string of the molecule is COCCNC(=O)C(=O)Nc1sc2c(c1C(=O)OC)CC(C)(C)OC2. The number of hydrogen-bond acceptors (Lipinski definition) is 7. The third kappa shape index (κ3) is 4.56. The van der Waals surface area contributed by atoms with Crippen LogP contribution in [0.3, 0.4) is 0 Å². The second-order valence-electron chi connectivity index (χ2n) is 6.13. The van der Waals surface area contributed by atoms with Crippen molar-refractivity contribution in [1.29, 1.82) is 0 Å². The lowest BCUT2D eigenvalue weighted by molar-refractivity contribution is -0.136. The van der Waals surface area contributed by atoms with Crippen LogP contribution in [0.25, 0.3) is 0 Å². The Morgan fingerprint density at radius 1 is 1.24 bits per heavy atom. The predicted molar refractivity (Wildman–Crippen MR) is 91.7 cm³/mol. The summed E-state index contributed by atoms with van der Waals surface area (Å²) in [6.07, 6.45) is 0.513. The number of nitrogens with one attached hydrogen (secondary N) is 2. The van der Waals surface area contributed by atoms with E-state index in [1.807, 2.05) is 13.8 Å². The molecule has 0 atom stereocenters. The molecule has 1 aromatic rings. The van der Waals surface area contributed by atoms with E-state index in [-0.39, 0.29) is 12.1 Å². The summed E-state index contributed by atoms with van der Waals surface area (Å²) in [5.74, 6) is -2.19. The van der Waals surface area contributed by atoms with Crippen LogP contribution in [-0.4, -0.2) is 50.8 Å². The minimum atomic E-state index is -0.847. The Morgan fingerprint density at radius 3 is 2.60 bits per heavy atom. The van der Waals surface area contributed by atoms with Crippen LogP contribution in [0.2, 0.25) is 0 Å². The van der Waals surface area contributed by atoms with Crippen LogP contribution in [-0.2, 0) is 36.8 Å². The van der Waals surface area contributed by atoms with E-state index in [2.05, 4.69) is 10.6 Å². The molecular formula is C16H22N2O6S. The molecule has 0 unspecified atom stereocenters. The molecule has 0 aromatic carbocycles. The second kappa shape index (κ2) is 7.94. The topological polar surface area (TPSA) is 103 Å². The van der Waals surface area contributed by atoms with E-state index in [0.717, 1.165) is 10.4 Å². The Hall–Kier alpha value is -1.97. The first-order valence-corrected chi connectivity index (χ1v) is 8.55. The second-order valence-corrected chi connectivity index (χ2v) is 7.23. The van der Waals surface area contributed by atoms with Gasteiger partial charge in [-0.05, 0) is 19.4 Å². The summed E-state index contributed by atoms with van der Waals surface area (Å²) < 4.78 is 15.4. The fraction of sp³-hybridized carbons (Fsp3) is 0.562. The third-order valence-electron chi connectivity index (χ3n) is 3.70. The lowest BCUT2D eigenvalue weighted by atomic mass is 9.93. The van der Waals surface area contributed by atoms with Gasteiger partial charge in [0, 0.05) is 25.0 Å². The number of fused-ring (bicyclic) bond motifs is 1. The predicted octanol–water partition coefficient (Wildman–Crippen LogP) is 1.09. The summed E-state index contributed by atoms with van der Waals surface area (Å²) in [7, 11) is 2.77. The van der Waals surface area contributed by atoms with Gasteiger partial charge in [-0.15, -0.1) is 11.3 Å². The molecule has 0 saturated carbocycles. The fourth-order valence-electron chi connectivity index (χ4n) is 2.47. The maximum atomic E-state index is 12.2. The van der Waals surface area contributed by atoms with E-state index >= 15 is 0 Å². The highest BCUT2D eigenvalue weighted by Gasteiger charge is 2.34. The van der Waals surface area contributed by atoms with Crippen molar-refractivity contribution in [3.63, 3.8) is 0 Å². The van der Waals surface area contributed by atoms with Crippen LogP contribution in [0.4, 0.5) is 5.00 Å². The Bertz CT molecular complexity index is 682. The van der Waals surface area contributed by atoms with E-state index in [1.165, 1.54) is 25.6 Å². The van der Waals surface area contributed by atoms with Gasteiger partial charge in [0.25, 0.3) is 0 Å². The third-order valence-corrected chi connectivity index (χ3v) is 4.82. The van der Waals surface area contributed by atoms with Gasteiger partial charge in [0.15, 0.2) is 0 Å². The molecule has 2 N–H and O–H groups in total. The largest absolute Gasteiger partial charge is 0.465 e. The van der Waals surface area contributed by atoms with Gasteiger partial charge in [-0.25, -0.2) is 4.79 Å². The van der Waals surface area contributed by atoms with E-state index in [9.17, 15) is 14.4 Å². The van der Waals surface area contributed by atoms with Gasteiger partial charge < -0.3 is 24.8 Å². The highest BCUT2D eigenvalue weighted by molar-refractivity contribution is 7.17. The van der Waals surface area contributed by atoms with E-state index < -0.39 is 23.4 Å². The Kier molecular flexibility index (Phi) is 6.15. The number of carbonyl (C=O) groups is 3. The number of carbonyl (C=O) groups excluding carboxylic acids is 3. The van der Waals surface area contributed by atoms with Gasteiger partial charge in [-0.1, -0.05) is 0 Å². The fourth-order valence-corrected chi connectivity index (χ4v) is 3.58. The minimum absolute atomic E-state index is 0.218. The molecule has 25 heavy (non-hydrogen) atoms. The number of esters is 1. The van der Waals surface area contributed by atoms with Gasteiger partial charge in [-0.3, -0.25) is 9.59 Å². The molecule has 0 bridgehead atoms. The van der Waals surface area contributed by atoms with Crippen molar-refractivity contribution in [1.82, 2.24) is 5.32 Å². The Labute approximate surface area is 149 Å². The molecular weight excluding hydrogens is 348 g/mol.